The number of hydrogen-bond donors (Lipinski definition) is 0. The van der Waals surface area contributed by atoms with Crippen molar-refractivity contribution in [2.24, 2.45) is 0 Å². The summed E-state index contributed by atoms with van der Waals surface area (Å²) in [7, 11) is 1.65. The van der Waals surface area contributed by atoms with Crippen LogP contribution in [0.5, 0.6) is 11.5 Å². The quantitative estimate of drug-likeness (QED) is 0.443. The second-order valence-electron chi connectivity index (χ2n) is 5.79. The topological polar surface area (TPSA) is 62.1 Å². The van der Waals surface area contributed by atoms with E-state index in [1.165, 1.54) is 0 Å². The molecule has 136 valence electrons. The number of hydrogen-bond acceptors (Lipinski definition) is 6. The Hall–Kier alpha value is -2.54. The van der Waals surface area contributed by atoms with E-state index in [0.29, 0.717) is 6.61 Å². The molecule has 26 heavy (non-hydrogen) atoms. The highest BCUT2D eigenvalue weighted by atomic mass is 32.2. The molecule has 0 aliphatic carbocycles. The first-order valence-corrected chi connectivity index (χ1v) is 9.41. The maximum atomic E-state index is 5.72. The van der Waals surface area contributed by atoms with E-state index in [1.54, 1.807) is 23.6 Å². The Labute approximate surface area is 157 Å². The third-order valence-corrected chi connectivity index (χ3v) is 4.73. The Balaban J connectivity index is 1.42. The fraction of sp³-hybridized carbons (Fsp3) is 0.316. The molecule has 7 heteroatoms. The molecule has 0 unspecified atom stereocenters. The largest absolute Gasteiger partial charge is 0.497 e. The molecule has 0 spiro atoms. The van der Waals surface area contributed by atoms with Gasteiger partial charge in [0.05, 0.1) is 19.4 Å². The van der Waals surface area contributed by atoms with Crippen molar-refractivity contribution >= 4 is 11.8 Å². The van der Waals surface area contributed by atoms with Crippen LogP contribution in [-0.2, 0) is 0 Å². The zero-order valence-corrected chi connectivity index (χ0v) is 16.0. The number of aromatic nitrogens is 4. The van der Waals surface area contributed by atoms with Gasteiger partial charge in [-0.2, -0.15) is 5.10 Å². The van der Waals surface area contributed by atoms with Gasteiger partial charge in [0.25, 0.3) is 0 Å². The van der Waals surface area contributed by atoms with Crippen LogP contribution in [0.4, 0.5) is 0 Å². The van der Waals surface area contributed by atoms with Crippen molar-refractivity contribution in [1.29, 1.82) is 0 Å². The normalized spacial score (nSPS) is 10.7. The molecule has 0 atom stereocenters. The van der Waals surface area contributed by atoms with E-state index in [2.05, 4.69) is 15.3 Å². The molecule has 2 aromatic heterocycles. The molecule has 1 aromatic carbocycles. The Morgan fingerprint density at radius 1 is 1.00 bits per heavy atom. The van der Waals surface area contributed by atoms with Crippen molar-refractivity contribution in [3.8, 4) is 17.3 Å². The monoisotopic (exact) mass is 370 g/mol. The fourth-order valence-electron chi connectivity index (χ4n) is 2.46. The lowest BCUT2D eigenvalue weighted by molar-refractivity contribution is 0.318. The molecule has 3 aromatic rings. The molecule has 0 saturated heterocycles. The van der Waals surface area contributed by atoms with E-state index in [9.17, 15) is 0 Å². The molecule has 0 N–H and O–H groups in total. The molecule has 3 rings (SSSR count). The number of ether oxygens (including phenoxy) is 2. The van der Waals surface area contributed by atoms with Crippen molar-refractivity contribution in [2.45, 2.75) is 25.3 Å². The third-order valence-electron chi connectivity index (χ3n) is 3.72. The SMILES string of the molecule is COc1ccc(OCCCSc2ccc(-n3nc(C)cc3C)nn2)cc1. The summed E-state index contributed by atoms with van der Waals surface area (Å²) in [5, 5.41) is 13.9. The second-order valence-corrected chi connectivity index (χ2v) is 6.91. The van der Waals surface area contributed by atoms with Crippen LogP contribution in [0.1, 0.15) is 17.8 Å². The van der Waals surface area contributed by atoms with Crippen LogP contribution >= 0.6 is 11.8 Å². The minimum Gasteiger partial charge on any atom is -0.497 e. The van der Waals surface area contributed by atoms with Crippen LogP contribution in [0.2, 0.25) is 0 Å². The summed E-state index contributed by atoms with van der Waals surface area (Å²) in [4.78, 5) is 0. The van der Waals surface area contributed by atoms with Gasteiger partial charge in [-0.05, 0) is 62.7 Å². The Morgan fingerprint density at radius 3 is 2.38 bits per heavy atom. The van der Waals surface area contributed by atoms with Crippen molar-refractivity contribution < 1.29 is 9.47 Å². The first-order chi connectivity index (χ1) is 12.7. The van der Waals surface area contributed by atoms with E-state index < -0.39 is 0 Å². The van der Waals surface area contributed by atoms with Gasteiger partial charge in [-0.3, -0.25) is 0 Å². The molecule has 0 amide bonds. The summed E-state index contributed by atoms with van der Waals surface area (Å²) in [6, 6.07) is 13.6. The summed E-state index contributed by atoms with van der Waals surface area (Å²) in [6.07, 6.45) is 0.928. The molecule has 0 aliphatic rings. The molecular formula is C19H22N4O2S. The second kappa shape index (κ2) is 8.71. The molecule has 0 aliphatic heterocycles. The van der Waals surface area contributed by atoms with Gasteiger partial charge in [0.15, 0.2) is 5.82 Å². The van der Waals surface area contributed by atoms with Crippen LogP contribution in [-0.4, -0.2) is 39.4 Å². The smallest absolute Gasteiger partial charge is 0.175 e. The lowest BCUT2D eigenvalue weighted by Crippen LogP contribution is -2.03. The molecular weight excluding hydrogens is 348 g/mol. The van der Waals surface area contributed by atoms with Crippen LogP contribution in [0.3, 0.4) is 0 Å². The molecule has 2 heterocycles. The van der Waals surface area contributed by atoms with Crippen molar-refractivity contribution in [3.05, 3.63) is 53.9 Å². The Bertz CT molecular complexity index is 832. The zero-order valence-electron chi connectivity index (χ0n) is 15.2. The van der Waals surface area contributed by atoms with Gasteiger partial charge in [-0.1, -0.05) is 0 Å². The standard InChI is InChI=1S/C19H22N4O2S/c1-14-13-15(2)23(22-14)18-9-10-19(21-20-18)26-12-4-11-25-17-7-5-16(24-3)6-8-17/h5-10,13H,4,11-12H2,1-3H3. The van der Waals surface area contributed by atoms with E-state index in [1.807, 2.05) is 56.3 Å². The average molecular weight is 370 g/mol. The number of aryl methyl sites for hydroxylation is 2. The highest BCUT2D eigenvalue weighted by Gasteiger charge is 2.06. The van der Waals surface area contributed by atoms with Gasteiger partial charge in [0.2, 0.25) is 0 Å². The minimum atomic E-state index is 0.663. The molecule has 0 saturated carbocycles. The summed E-state index contributed by atoms with van der Waals surface area (Å²) in [5.41, 5.74) is 2.02. The van der Waals surface area contributed by atoms with Crippen LogP contribution in [0.15, 0.2) is 47.5 Å². The van der Waals surface area contributed by atoms with Crippen LogP contribution < -0.4 is 9.47 Å². The van der Waals surface area contributed by atoms with Crippen molar-refractivity contribution in [3.63, 3.8) is 0 Å². The predicted octanol–water partition coefficient (Wildman–Crippen LogP) is 3.85. The number of thioether (sulfide) groups is 1. The molecule has 0 bridgehead atoms. The molecule has 6 nitrogen and oxygen atoms in total. The van der Waals surface area contributed by atoms with Gasteiger partial charge in [0.1, 0.15) is 16.5 Å². The Kier molecular flexibility index (Phi) is 6.12. The van der Waals surface area contributed by atoms with E-state index in [-0.39, 0.29) is 0 Å². The van der Waals surface area contributed by atoms with E-state index >= 15 is 0 Å². The van der Waals surface area contributed by atoms with E-state index in [4.69, 9.17) is 9.47 Å². The summed E-state index contributed by atoms with van der Waals surface area (Å²) >= 11 is 1.67. The van der Waals surface area contributed by atoms with Gasteiger partial charge in [0, 0.05) is 11.4 Å². The summed E-state index contributed by atoms with van der Waals surface area (Å²) in [6.45, 7) is 4.64. The van der Waals surface area contributed by atoms with Gasteiger partial charge in [-0.15, -0.1) is 22.0 Å². The van der Waals surface area contributed by atoms with Gasteiger partial charge < -0.3 is 9.47 Å². The van der Waals surface area contributed by atoms with Crippen LogP contribution in [0.25, 0.3) is 5.82 Å². The fourth-order valence-corrected chi connectivity index (χ4v) is 3.20. The number of nitrogens with zero attached hydrogens (tertiary/aromatic N) is 4. The highest BCUT2D eigenvalue weighted by Crippen LogP contribution is 2.19. The van der Waals surface area contributed by atoms with Crippen LogP contribution in [0, 0.1) is 13.8 Å². The first-order valence-electron chi connectivity index (χ1n) is 8.43. The molecule has 0 fully saturated rings. The minimum absolute atomic E-state index is 0.663. The van der Waals surface area contributed by atoms with E-state index in [0.717, 1.165) is 45.9 Å². The van der Waals surface area contributed by atoms with Gasteiger partial charge in [-0.25, -0.2) is 4.68 Å². The number of benzene rings is 1. The summed E-state index contributed by atoms with van der Waals surface area (Å²) in [5.74, 6) is 3.34. The predicted molar refractivity (Wildman–Crippen MR) is 102 cm³/mol. The lowest BCUT2D eigenvalue weighted by atomic mass is 10.3. The lowest BCUT2D eigenvalue weighted by Gasteiger charge is -2.07. The average Bonchev–Trinajstić information content (AvgIpc) is 3.00. The number of rotatable bonds is 8. The maximum Gasteiger partial charge on any atom is 0.175 e. The summed E-state index contributed by atoms with van der Waals surface area (Å²) < 4.78 is 12.7. The highest BCUT2D eigenvalue weighted by molar-refractivity contribution is 7.99. The zero-order chi connectivity index (χ0) is 18.4. The first kappa shape index (κ1) is 18.3. The van der Waals surface area contributed by atoms with Crippen molar-refractivity contribution in [2.75, 3.05) is 19.5 Å². The third kappa shape index (κ3) is 4.76. The van der Waals surface area contributed by atoms with Crippen molar-refractivity contribution in [1.82, 2.24) is 20.0 Å². The number of methoxy groups -OCH3 is 1. The maximum absolute atomic E-state index is 5.72. The molecule has 0 radical (unpaired) electrons. The van der Waals surface area contributed by atoms with Gasteiger partial charge >= 0.3 is 0 Å². The Morgan fingerprint density at radius 2 is 1.77 bits per heavy atom.